The molecule has 7 heteroatoms. The van der Waals surface area contributed by atoms with E-state index in [-0.39, 0.29) is 0 Å². The quantitative estimate of drug-likeness (QED) is 0.550. The van der Waals surface area contributed by atoms with E-state index >= 15 is 0 Å². The normalized spacial score (nSPS) is 11.3. The zero-order chi connectivity index (χ0) is 20.6. The summed E-state index contributed by atoms with van der Waals surface area (Å²) in [7, 11) is 1.89. The first-order chi connectivity index (χ1) is 13.8. The van der Waals surface area contributed by atoms with Crippen molar-refractivity contribution in [3.05, 3.63) is 60.9 Å². The van der Waals surface area contributed by atoms with Crippen molar-refractivity contribution in [3.63, 3.8) is 0 Å². The molecule has 0 bridgehead atoms. The Balaban J connectivity index is 1.77. The third kappa shape index (κ3) is 3.48. The Morgan fingerprint density at radius 2 is 1.79 bits per heavy atom. The number of aromatic nitrogens is 5. The lowest BCUT2D eigenvalue weighted by atomic mass is 9.93. The Morgan fingerprint density at radius 3 is 2.45 bits per heavy atom. The number of hydrogen-bond donors (Lipinski definition) is 1. The third-order valence-electron chi connectivity index (χ3n) is 4.77. The number of hydrogen-bond acceptors (Lipinski definition) is 4. The summed E-state index contributed by atoms with van der Waals surface area (Å²) in [6, 6.07) is 8.18. The van der Waals surface area contributed by atoms with Crippen LogP contribution >= 0.6 is 0 Å². The van der Waals surface area contributed by atoms with Crippen molar-refractivity contribution in [2.75, 3.05) is 0 Å². The zero-order valence-electron chi connectivity index (χ0n) is 16.4. The minimum absolute atomic E-state index is 0.475. The first-order valence-electron chi connectivity index (χ1n) is 9.10. The van der Waals surface area contributed by atoms with Crippen LogP contribution in [0.1, 0.15) is 19.5 Å². The van der Waals surface area contributed by atoms with Crippen LogP contribution in [0.5, 0.6) is 0 Å². The van der Waals surface area contributed by atoms with Crippen molar-refractivity contribution in [1.29, 1.82) is 0 Å². The van der Waals surface area contributed by atoms with E-state index in [1.165, 1.54) is 0 Å². The topological polar surface area (TPSA) is 91.1 Å². The van der Waals surface area contributed by atoms with Gasteiger partial charge in [0.1, 0.15) is 16.6 Å². The maximum absolute atomic E-state index is 11.6. The molecular weight excluding hydrogens is 364 g/mol. The molecule has 0 radical (unpaired) electrons. The molecule has 1 amide bonds. The number of carbonyl (C=O) groups is 1. The fourth-order valence-corrected chi connectivity index (χ4v) is 2.94. The Morgan fingerprint density at radius 1 is 1.07 bits per heavy atom. The minimum Gasteiger partial charge on any atom is -0.368 e. The second-order valence-corrected chi connectivity index (χ2v) is 7.35. The number of nitrogens with two attached hydrogens (primary N) is 1. The molecule has 0 aliphatic rings. The van der Waals surface area contributed by atoms with Crippen LogP contribution < -0.4 is 5.73 Å². The van der Waals surface area contributed by atoms with Crippen molar-refractivity contribution in [2.45, 2.75) is 13.8 Å². The van der Waals surface area contributed by atoms with Gasteiger partial charge in [-0.05, 0) is 30.9 Å². The van der Waals surface area contributed by atoms with E-state index in [1.54, 1.807) is 41.6 Å². The van der Waals surface area contributed by atoms with Gasteiger partial charge in [0.25, 0.3) is 0 Å². The van der Waals surface area contributed by atoms with Gasteiger partial charge in [0.2, 0.25) is 5.91 Å². The summed E-state index contributed by atoms with van der Waals surface area (Å²) < 4.78 is 3.51. The maximum atomic E-state index is 11.6. The van der Waals surface area contributed by atoms with Crippen molar-refractivity contribution < 1.29 is 4.79 Å². The molecule has 0 unspecified atom stereocenters. The zero-order valence-corrected chi connectivity index (χ0v) is 16.4. The van der Waals surface area contributed by atoms with Crippen molar-refractivity contribution in [2.24, 2.45) is 18.2 Å². The van der Waals surface area contributed by atoms with Crippen molar-refractivity contribution in [1.82, 2.24) is 24.4 Å². The van der Waals surface area contributed by atoms with E-state index in [0.29, 0.717) is 5.69 Å². The largest absolute Gasteiger partial charge is 0.368 e. The summed E-state index contributed by atoms with van der Waals surface area (Å²) >= 11 is 0. The third-order valence-corrected chi connectivity index (χ3v) is 4.77. The molecule has 0 aliphatic heterocycles. The lowest BCUT2D eigenvalue weighted by molar-refractivity contribution is -0.123. The molecule has 0 fully saturated rings. The van der Waals surface area contributed by atoms with Crippen LogP contribution in [0, 0.1) is 17.3 Å². The average Bonchev–Trinajstić information content (AvgIpc) is 3.33. The van der Waals surface area contributed by atoms with Crippen LogP contribution in [-0.4, -0.2) is 30.3 Å². The van der Waals surface area contributed by atoms with Crippen molar-refractivity contribution >= 4 is 11.4 Å². The van der Waals surface area contributed by atoms with Gasteiger partial charge in [0, 0.05) is 36.8 Å². The number of rotatable bonds is 3. The number of fused-ring (bicyclic) bond motifs is 1. The van der Waals surface area contributed by atoms with E-state index in [2.05, 4.69) is 27.0 Å². The molecule has 1 aromatic carbocycles. The molecule has 4 aromatic rings. The minimum atomic E-state index is -0.944. The average molecular weight is 384 g/mol. The summed E-state index contributed by atoms with van der Waals surface area (Å²) in [4.78, 5) is 16.0. The van der Waals surface area contributed by atoms with Crippen LogP contribution in [0.15, 0.2) is 55.2 Å². The molecule has 3 aromatic heterocycles. The monoisotopic (exact) mass is 384 g/mol. The van der Waals surface area contributed by atoms with Gasteiger partial charge in [0.05, 0.1) is 12.4 Å². The number of carbonyl (C=O) groups excluding carboxylic acids is 1. The van der Waals surface area contributed by atoms with Gasteiger partial charge in [-0.3, -0.25) is 9.48 Å². The molecule has 2 N–H and O–H groups in total. The lowest BCUT2D eigenvalue weighted by Crippen LogP contribution is -2.29. The number of amides is 1. The molecule has 0 saturated heterocycles. The van der Waals surface area contributed by atoms with E-state index < -0.39 is 11.3 Å². The maximum Gasteiger partial charge on any atom is 0.235 e. The fourth-order valence-electron chi connectivity index (χ4n) is 2.94. The fraction of sp³-hybridized carbons (Fsp3) is 0.182. The highest BCUT2D eigenvalue weighted by atomic mass is 16.1. The van der Waals surface area contributed by atoms with E-state index in [0.717, 1.165) is 27.8 Å². The van der Waals surface area contributed by atoms with Crippen LogP contribution in [0.25, 0.3) is 27.8 Å². The summed E-state index contributed by atoms with van der Waals surface area (Å²) in [5, 5.41) is 8.64. The van der Waals surface area contributed by atoms with Gasteiger partial charge in [0.15, 0.2) is 0 Å². The van der Waals surface area contributed by atoms with E-state index in [9.17, 15) is 4.79 Å². The number of nitrogens with zero attached hydrogens (tertiary/aromatic N) is 5. The molecule has 144 valence electrons. The van der Waals surface area contributed by atoms with Crippen LogP contribution in [0.2, 0.25) is 0 Å². The SMILES string of the molecule is Cn1cc(-c2ccc(-c3cnn4ccnc(C#CC(C)(C)C(N)=O)c34)cc2)cn1. The van der Waals surface area contributed by atoms with Gasteiger partial charge in [-0.1, -0.05) is 30.2 Å². The Hall–Kier alpha value is -3.92. The number of primary amides is 1. The van der Waals surface area contributed by atoms with Crippen LogP contribution in [-0.2, 0) is 11.8 Å². The molecule has 0 atom stereocenters. The van der Waals surface area contributed by atoms with Crippen molar-refractivity contribution in [3.8, 4) is 34.1 Å². The molecule has 3 heterocycles. The highest BCUT2D eigenvalue weighted by molar-refractivity contribution is 5.86. The van der Waals surface area contributed by atoms with Gasteiger partial charge >= 0.3 is 0 Å². The van der Waals surface area contributed by atoms with Gasteiger partial charge < -0.3 is 5.73 Å². The van der Waals surface area contributed by atoms with Gasteiger partial charge in [-0.15, -0.1) is 0 Å². The molecule has 0 saturated carbocycles. The number of aryl methyl sites for hydroxylation is 1. The molecule has 29 heavy (non-hydrogen) atoms. The first kappa shape index (κ1) is 18.4. The van der Waals surface area contributed by atoms with E-state index in [4.69, 9.17) is 5.73 Å². The standard InChI is InChI=1S/C22H20N6O/c1-22(2,21(23)29)9-8-19-20-18(13-26-28(20)11-10-24-19)16-6-4-15(5-7-16)17-12-25-27(3)14-17/h4-7,10-14H,1-3H3,(H2,23,29). The predicted octanol–water partition coefficient (Wildman–Crippen LogP) is 2.66. The summed E-state index contributed by atoms with van der Waals surface area (Å²) in [5.41, 5.74) is 9.87. The Bertz CT molecular complexity index is 1270. The predicted molar refractivity (Wildman–Crippen MR) is 110 cm³/mol. The highest BCUT2D eigenvalue weighted by Crippen LogP contribution is 2.28. The summed E-state index contributed by atoms with van der Waals surface area (Å²) in [6.45, 7) is 3.38. The molecule has 4 rings (SSSR count). The molecule has 0 spiro atoms. The van der Waals surface area contributed by atoms with Gasteiger partial charge in [-0.25, -0.2) is 9.50 Å². The first-order valence-corrected chi connectivity index (χ1v) is 9.10. The summed E-state index contributed by atoms with van der Waals surface area (Å²) in [5.74, 6) is 5.47. The van der Waals surface area contributed by atoms with Crippen LogP contribution in [0.3, 0.4) is 0 Å². The van der Waals surface area contributed by atoms with E-state index in [1.807, 2.05) is 43.7 Å². The second kappa shape index (κ2) is 6.91. The second-order valence-electron chi connectivity index (χ2n) is 7.35. The number of benzene rings is 1. The summed E-state index contributed by atoms with van der Waals surface area (Å²) in [6.07, 6.45) is 9.01. The Labute approximate surface area is 168 Å². The molecule has 0 aliphatic carbocycles. The molecular formula is C22H20N6O. The van der Waals surface area contributed by atoms with Gasteiger partial charge in [-0.2, -0.15) is 10.2 Å². The molecule has 7 nitrogen and oxygen atoms in total. The highest BCUT2D eigenvalue weighted by Gasteiger charge is 2.22. The smallest absolute Gasteiger partial charge is 0.235 e. The Kier molecular flexibility index (Phi) is 4.40. The lowest BCUT2D eigenvalue weighted by Gasteiger charge is -2.11. The van der Waals surface area contributed by atoms with Crippen LogP contribution in [0.4, 0.5) is 0 Å².